The molecule has 0 bridgehead atoms. The predicted molar refractivity (Wildman–Crippen MR) is 118 cm³/mol. The van der Waals surface area contributed by atoms with Gasteiger partial charge in [0.15, 0.2) is 5.16 Å². The second-order valence-electron chi connectivity index (χ2n) is 7.27. The van der Waals surface area contributed by atoms with Crippen LogP contribution in [0, 0.1) is 0 Å². The average molecular weight is 424 g/mol. The summed E-state index contributed by atoms with van der Waals surface area (Å²) in [6.07, 6.45) is 3.34. The number of carbonyl (C=O) groups excluding carboxylic acids is 1. The molecule has 1 saturated heterocycles. The van der Waals surface area contributed by atoms with Crippen LogP contribution in [0.1, 0.15) is 21.5 Å². The van der Waals surface area contributed by atoms with Crippen LogP contribution in [0.4, 0.5) is 5.82 Å². The van der Waals surface area contributed by atoms with Crippen LogP contribution >= 0.6 is 11.8 Å². The van der Waals surface area contributed by atoms with Crippen molar-refractivity contribution in [1.82, 2.24) is 30.4 Å². The van der Waals surface area contributed by atoms with Crippen LogP contribution in [0.3, 0.4) is 0 Å². The van der Waals surface area contributed by atoms with Crippen LogP contribution in [0.5, 0.6) is 0 Å². The number of hydrogen-bond acceptors (Lipinski definition) is 7. The number of piperazine rings is 1. The summed E-state index contributed by atoms with van der Waals surface area (Å²) in [5.74, 6) is 1.67. The first kappa shape index (κ1) is 20.4. The van der Waals surface area contributed by atoms with E-state index in [1.54, 1.807) is 11.8 Å². The lowest BCUT2D eigenvalue weighted by Crippen LogP contribution is -2.44. The van der Waals surface area contributed by atoms with Crippen molar-refractivity contribution in [3.63, 3.8) is 0 Å². The number of aromatic amines is 1. The minimum atomic E-state index is -0.0902. The zero-order valence-electron chi connectivity index (χ0n) is 16.9. The molecular formula is C21H25N7OS. The Bertz CT molecular complexity index is 937. The number of amides is 1. The topological polar surface area (TPSA) is 90.0 Å². The molecule has 1 aromatic carbocycles. The molecule has 0 aliphatic carbocycles. The Morgan fingerprint density at radius 3 is 2.50 bits per heavy atom. The molecule has 0 saturated carbocycles. The molecule has 1 fully saturated rings. The van der Waals surface area contributed by atoms with E-state index in [9.17, 15) is 4.79 Å². The second kappa shape index (κ2) is 9.73. The van der Waals surface area contributed by atoms with Crippen molar-refractivity contribution in [3.05, 3.63) is 65.6 Å². The summed E-state index contributed by atoms with van der Waals surface area (Å²) in [4.78, 5) is 25.7. The summed E-state index contributed by atoms with van der Waals surface area (Å²) in [6.45, 7) is 4.55. The number of nitrogens with zero attached hydrogens (tertiary/aromatic N) is 5. The van der Waals surface area contributed by atoms with Gasteiger partial charge in [0.1, 0.15) is 12.1 Å². The molecule has 30 heavy (non-hydrogen) atoms. The lowest BCUT2D eigenvalue weighted by atomic mass is 10.1. The zero-order valence-corrected chi connectivity index (χ0v) is 17.7. The van der Waals surface area contributed by atoms with Crippen molar-refractivity contribution in [1.29, 1.82) is 0 Å². The molecule has 8 nitrogen and oxygen atoms in total. The minimum absolute atomic E-state index is 0.0902. The summed E-state index contributed by atoms with van der Waals surface area (Å²) in [7, 11) is 2.14. The highest BCUT2D eigenvalue weighted by Crippen LogP contribution is 2.18. The Balaban J connectivity index is 1.25. The molecule has 4 rings (SSSR count). The van der Waals surface area contributed by atoms with E-state index in [2.05, 4.69) is 42.3 Å². The Morgan fingerprint density at radius 1 is 1.07 bits per heavy atom. The molecule has 0 atom stereocenters. The summed E-state index contributed by atoms with van der Waals surface area (Å²) in [5, 5.41) is 10.4. The molecule has 0 spiro atoms. The number of rotatable bonds is 7. The summed E-state index contributed by atoms with van der Waals surface area (Å²) in [6, 6.07) is 11.7. The summed E-state index contributed by atoms with van der Waals surface area (Å²) >= 11 is 1.57. The van der Waals surface area contributed by atoms with E-state index in [0.717, 1.165) is 54.0 Å². The van der Waals surface area contributed by atoms with Gasteiger partial charge in [-0.2, -0.15) is 5.10 Å². The molecule has 1 amide bonds. The van der Waals surface area contributed by atoms with Crippen molar-refractivity contribution in [2.24, 2.45) is 0 Å². The fraction of sp³-hybridized carbons (Fsp3) is 0.333. The maximum atomic E-state index is 12.4. The van der Waals surface area contributed by atoms with E-state index < -0.39 is 0 Å². The third kappa shape index (κ3) is 5.37. The molecule has 9 heteroatoms. The Labute approximate surface area is 180 Å². The standard InChI is InChI=1S/C21H25N7OS/c1-27-8-10-28(11-9-27)19-7-4-17(12-22-19)13-23-20(29)18-5-2-16(3-6-18)14-30-21-24-15-25-26-21/h2-7,12,15H,8-11,13-14H2,1H3,(H,23,29)(H,24,25,26). The molecule has 0 unspecified atom stereocenters. The minimum Gasteiger partial charge on any atom is -0.354 e. The molecule has 3 aromatic rings. The molecule has 1 aliphatic heterocycles. The maximum Gasteiger partial charge on any atom is 0.251 e. The molecule has 1 aliphatic rings. The van der Waals surface area contributed by atoms with Crippen molar-refractivity contribution in [3.8, 4) is 0 Å². The second-order valence-corrected chi connectivity index (χ2v) is 8.24. The van der Waals surface area contributed by atoms with Crippen LogP contribution in [-0.2, 0) is 12.3 Å². The van der Waals surface area contributed by atoms with E-state index in [1.807, 2.05) is 42.6 Å². The molecule has 2 N–H and O–H groups in total. The Morgan fingerprint density at radius 2 is 1.83 bits per heavy atom. The number of thioether (sulfide) groups is 1. The molecular weight excluding hydrogens is 398 g/mol. The average Bonchev–Trinajstić information content (AvgIpc) is 3.31. The van der Waals surface area contributed by atoms with Crippen LogP contribution in [-0.4, -0.2) is 64.2 Å². The first-order chi connectivity index (χ1) is 14.7. The van der Waals surface area contributed by atoms with Crippen LogP contribution in [0.25, 0.3) is 0 Å². The van der Waals surface area contributed by atoms with Crippen molar-refractivity contribution < 1.29 is 4.79 Å². The lowest BCUT2D eigenvalue weighted by Gasteiger charge is -2.33. The third-order valence-electron chi connectivity index (χ3n) is 5.07. The number of carbonyl (C=O) groups is 1. The summed E-state index contributed by atoms with van der Waals surface area (Å²) < 4.78 is 0. The fourth-order valence-electron chi connectivity index (χ4n) is 3.20. The monoisotopic (exact) mass is 423 g/mol. The fourth-order valence-corrected chi connectivity index (χ4v) is 3.93. The van der Waals surface area contributed by atoms with Gasteiger partial charge in [-0.15, -0.1) is 0 Å². The van der Waals surface area contributed by atoms with E-state index in [4.69, 9.17) is 0 Å². The van der Waals surface area contributed by atoms with E-state index in [1.165, 1.54) is 6.33 Å². The number of benzene rings is 1. The van der Waals surface area contributed by atoms with Gasteiger partial charge in [-0.3, -0.25) is 9.89 Å². The van der Waals surface area contributed by atoms with Crippen LogP contribution in [0.2, 0.25) is 0 Å². The summed E-state index contributed by atoms with van der Waals surface area (Å²) in [5.41, 5.74) is 2.75. The zero-order chi connectivity index (χ0) is 20.8. The van der Waals surface area contributed by atoms with Gasteiger partial charge < -0.3 is 15.1 Å². The first-order valence-corrected chi connectivity index (χ1v) is 10.9. The van der Waals surface area contributed by atoms with Gasteiger partial charge in [0.05, 0.1) is 0 Å². The van der Waals surface area contributed by atoms with Crippen molar-refractivity contribution >= 4 is 23.5 Å². The number of hydrogen-bond donors (Lipinski definition) is 2. The smallest absolute Gasteiger partial charge is 0.251 e. The molecule has 0 radical (unpaired) electrons. The molecule has 156 valence electrons. The largest absolute Gasteiger partial charge is 0.354 e. The number of aromatic nitrogens is 4. The normalized spacial score (nSPS) is 14.6. The van der Waals surface area contributed by atoms with Crippen LogP contribution < -0.4 is 10.2 Å². The highest BCUT2D eigenvalue weighted by atomic mass is 32.2. The highest BCUT2D eigenvalue weighted by Gasteiger charge is 2.15. The Kier molecular flexibility index (Phi) is 6.60. The first-order valence-electron chi connectivity index (χ1n) is 9.91. The molecule has 3 heterocycles. The maximum absolute atomic E-state index is 12.4. The van der Waals surface area contributed by atoms with Gasteiger partial charge in [0.2, 0.25) is 0 Å². The number of nitrogens with one attached hydrogen (secondary N) is 2. The quantitative estimate of drug-likeness (QED) is 0.563. The Hall–Kier alpha value is -2.91. The van der Waals surface area contributed by atoms with E-state index in [0.29, 0.717) is 12.1 Å². The van der Waals surface area contributed by atoms with Gasteiger partial charge in [0, 0.05) is 50.2 Å². The van der Waals surface area contributed by atoms with Crippen LogP contribution in [0.15, 0.2) is 54.1 Å². The van der Waals surface area contributed by atoms with Crippen molar-refractivity contribution in [2.45, 2.75) is 17.5 Å². The van der Waals surface area contributed by atoms with Gasteiger partial charge in [-0.1, -0.05) is 30.0 Å². The van der Waals surface area contributed by atoms with E-state index in [-0.39, 0.29) is 5.91 Å². The van der Waals surface area contributed by atoms with Gasteiger partial charge in [-0.25, -0.2) is 9.97 Å². The number of pyridine rings is 1. The van der Waals surface area contributed by atoms with E-state index >= 15 is 0 Å². The van der Waals surface area contributed by atoms with Gasteiger partial charge in [0.25, 0.3) is 5.91 Å². The molecule has 2 aromatic heterocycles. The SMILES string of the molecule is CN1CCN(c2ccc(CNC(=O)c3ccc(CSc4ncn[nH]4)cc3)cn2)CC1. The number of likely N-dealkylation sites (N-methyl/N-ethyl adjacent to an activating group) is 1. The highest BCUT2D eigenvalue weighted by molar-refractivity contribution is 7.98. The van der Waals surface area contributed by atoms with Gasteiger partial charge >= 0.3 is 0 Å². The van der Waals surface area contributed by atoms with Crippen molar-refractivity contribution in [2.75, 3.05) is 38.1 Å². The third-order valence-corrected chi connectivity index (χ3v) is 6.02. The lowest BCUT2D eigenvalue weighted by molar-refractivity contribution is 0.0951. The number of H-pyrrole nitrogens is 1. The number of anilines is 1. The predicted octanol–water partition coefficient (Wildman–Crippen LogP) is 2.17. The van der Waals surface area contributed by atoms with Gasteiger partial charge in [-0.05, 0) is 36.4 Å².